The SMILES string of the molecule is CC(C)(CN1CCOCC1)CN1CCC[C@@H](c2nnsc2S(C)(=O)=O)C1. The van der Waals surface area contributed by atoms with E-state index in [1.54, 1.807) is 0 Å². The molecule has 0 amide bonds. The van der Waals surface area contributed by atoms with E-state index < -0.39 is 9.84 Å². The highest BCUT2D eigenvalue weighted by Crippen LogP contribution is 2.33. The zero-order valence-corrected chi connectivity index (χ0v) is 17.6. The van der Waals surface area contributed by atoms with Crippen molar-refractivity contribution in [3.8, 4) is 0 Å². The summed E-state index contributed by atoms with van der Waals surface area (Å²) >= 11 is 1.00. The number of sulfone groups is 1. The van der Waals surface area contributed by atoms with Gasteiger partial charge >= 0.3 is 0 Å². The molecule has 2 saturated heterocycles. The summed E-state index contributed by atoms with van der Waals surface area (Å²) < 4.78 is 33.7. The zero-order valence-electron chi connectivity index (χ0n) is 16.0. The molecule has 0 aliphatic carbocycles. The van der Waals surface area contributed by atoms with E-state index in [0.29, 0.717) is 9.90 Å². The van der Waals surface area contributed by atoms with Crippen LogP contribution in [0.15, 0.2) is 4.21 Å². The molecule has 148 valence electrons. The second-order valence-electron chi connectivity index (χ2n) is 8.34. The largest absolute Gasteiger partial charge is 0.379 e. The first-order valence-electron chi connectivity index (χ1n) is 9.29. The first kappa shape index (κ1) is 20.1. The maximum Gasteiger partial charge on any atom is 0.188 e. The van der Waals surface area contributed by atoms with E-state index in [-0.39, 0.29) is 11.3 Å². The first-order chi connectivity index (χ1) is 12.2. The lowest BCUT2D eigenvalue weighted by atomic mass is 9.88. The maximum atomic E-state index is 12.0. The molecule has 2 fully saturated rings. The van der Waals surface area contributed by atoms with Crippen LogP contribution in [0.4, 0.5) is 0 Å². The molecule has 0 radical (unpaired) electrons. The standard InChI is InChI=1S/C17H30N4O3S2/c1-17(2,12-20-7-9-24-10-8-20)13-21-6-4-5-14(11-21)15-16(25-19-18-15)26(3,22)23/h14H,4-13H2,1-3H3/t14-/m1/s1. The summed E-state index contributed by atoms with van der Waals surface area (Å²) in [4.78, 5) is 4.96. The molecule has 0 unspecified atom stereocenters. The Kier molecular flexibility index (Phi) is 6.33. The van der Waals surface area contributed by atoms with E-state index in [1.807, 2.05) is 0 Å². The molecule has 9 heteroatoms. The van der Waals surface area contributed by atoms with Crippen molar-refractivity contribution in [1.29, 1.82) is 0 Å². The Balaban J connectivity index is 1.62. The molecule has 0 saturated carbocycles. The van der Waals surface area contributed by atoms with Gasteiger partial charge in [0.15, 0.2) is 14.0 Å². The number of nitrogens with zero attached hydrogens (tertiary/aromatic N) is 4. The van der Waals surface area contributed by atoms with Crippen LogP contribution in [-0.4, -0.2) is 86.5 Å². The van der Waals surface area contributed by atoms with E-state index in [1.165, 1.54) is 6.26 Å². The number of aromatic nitrogens is 2. The first-order valence-corrected chi connectivity index (χ1v) is 12.0. The average Bonchev–Trinajstić information content (AvgIpc) is 3.05. The van der Waals surface area contributed by atoms with E-state index in [4.69, 9.17) is 4.74 Å². The molecule has 0 N–H and O–H groups in total. The molecule has 2 aliphatic heterocycles. The molecule has 7 nitrogen and oxygen atoms in total. The highest BCUT2D eigenvalue weighted by atomic mass is 32.2. The lowest BCUT2D eigenvalue weighted by Gasteiger charge is -2.40. The topological polar surface area (TPSA) is 75.6 Å². The summed E-state index contributed by atoms with van der Waals surface area (Å²) in [6.07, 6.45) is 3.30. The summed E-state index contributed by atoms with van der Waals surface area (Å²) in [5, 5.41) is 4.17. The van der Waals surface area contributed by atoms with Gasteiger partial charge in [-0.25, -0.2) is 8.42 Å². The van der Waals surface area contributed by atoms with Crippen molar-refractivity contribution in [3.63, 3.8) is 0 Å². The summed E-state index contributed by atoms with van der Waals surface area (Å²) in [5.41, 5.74) is 0.854. The minimum Gasteiger partial charge on any atom is -0.379 e. The molecule has 1 aromatic rings. The normalized spacial score (nSPS) is 24.0. The molecule has 3 rings (SSSR count). The third-order valence-corrected chi connectivity index (χ3v) is 7.67. The van der Waals surface area contributed by atoms with Gasteiger partial charge in [0.1, 0.15) is 0 Å². The van der Waals surface area contributed by atoms with Gasteiger partial charge in [0.2, 0.25) is 0 Å². The second-order valence-corrected chi connectivity index (χ2v) is 11.3. The van der Waals surface area contributed by atoms with Gasteiger partial charge in [-0.1, -0.05) is 18.3 Å². The molecule has 0 bridgehead atoms. The summed E-state index contributed by atoms with van der Waals surface area (Å²) in [7, 11) is -3.25. The Labute approximate surface area is 160 Å². The number of hydrogen-bond donors (Lipinski definition) is 0. The van der Waals surface area contributed by atoms with Gasteiger partial charge in [-0.3, -0.25) is 4.90 Å². The summed E-state index contributed by atoms with van der Waals surface area (Å²) in [6, 6.07) is 0. The summed E-state index contributed by atoms with van der Waals surface area (Å²) in [5.74, 6) is 0.159. The Bertz CT molecular complexity index is 699. The predicted molar refractivity (Wildman–Crippen MR) is 102 cm³/mol. The lowest BCUT2D eigenvalue weighted by molar-refractivity contribution is 0.0132. The van der Waals surface area contributed by atoms with Crippen molar-refractivity contribution in [2.45, 2.75) is 36.8 Å². The Morgan fingerprint density at radius 1 is 1.19 bits per heavy atom. The second kappa shape index (κ2) is 8.18. The van der Waals surface area contributed by atoms with Crippen LogP contribution in [0.25, 0.3) is 0 Å². The lowest BCUT2D eigenvalue weighted by Crippen LogP contribution is -2.47. The van der Waals surface area contributed by atoms with Gasteiger partial charge < -0.3 is 9.64 Å². The van der Waals surface area contributed by atoms with Crippen LogP contribution in [0.3, 0.4) is 0 Å². The van der Waals surface area contributed by atoms with Gasteiger partial charge in [-0.2, -0.15) is 0 Å². The number of piperidine rings is 1. The third-order valence-electron chi connectivity index (χ3n) is 5.12. The number of ether oxygens (including phenoxy) is 1. The molecule has 1 atom stereocenters. The van der Waals surface area contributed by atoms with Gasteiger partial charge in [0.25, 0.3) is 0 Å². The van der Waals surface area contributed by atoms with E-state index in [9.17, 15) is 8.42 Å². The molecular formula is C17H30N4O3S2. The van der Waals surface area contributed by atoms with E-state index in [0.717, 1.165) is 76.9 Å². The average molecular weight is 403 g/mol. The summed E-state index contributed by atoms with van der Waals surface area (Å²) in [6.45, 7) is 12.3. The van der Waals surface area contributed by atoms with Gasteiger partial charge in [-0.15, -0.1) is 5.10 Å². The van der Waals surface area contributed by atoms with Crippen molar-refractivity contribution in [2.24, 2.45) is 5.41 Å². The van der Waals surface area contributed by atoms with Gasteiger partial charge in [0.05, 0.1) is 18.9 Å². The van der Waals surface area contributed by atoms with Gasteiger partial charge in [0, 0.05) is 56.4 Å². The molecule has 0 spiro atoms. The number of rotatable bonds is 6. The highest BCUT2D eigenvalue weighted by molar-refractivity contribution is 7.92. The Morgan fingerprint density at radius 3 is 2.58 bits per heavy atom. The quantitative estimate of drug-likeness (QED) is 0.713. The van der Waals surface area contributed by atoms with E-state index >= 15 is 0 Å². The van der Waals surface area contributed by atoms with Crippen molar-refractivity contribution in [2.75, 3.05) is 58.7 Å². The molecule has 1 aromatic heterocycles. The van der Waals surface area contributed by atoms with Crippen molar-refractivity contribution >= 4 is 21.4 Å². The van der Waals surface area contributed by atoms with Gasteiger partial charge in [-0.05, 0) is 24.8 Å². The van der Waals surface area contributed by atoms with Crippen LogP contribution < -0.4 is 0 Å². The zero-order chi connectivity index (χ0) is 18.8. The maximum absolute atomic E-state index is 12.0. The van der Waals surface area contributed by atoms with Crippen LogP contribution >= 0.6 is 11.5 Å². The molecule has 3 heterocycles. The predicted octanol–water partition coefficient (Wildman–Crippen LogP) is 1.48. The molecule has 0 aromatic carbocycles. The number of likely N-dealkylation sites (tertiary alicyclic amines) is 1. The number of morpholine rings is 1. The molecule has 26 heavy (non-hydrogen) atoms. The molecule has 2 aliphatic rings. The Hall–Kier alpha value is -0.610. The van der Waals surface area contributed by atoms with Crippen molar-refractivity contribution < 1.29 is 13.2 Å². The van der Waals surface area contributed by atoms with Crippen molar-refractivity contribution in [3.05, 3.63) is 5.69 Å². The molecular weight excluding hydrogens is 372 g/mol. The van der Waals surface area contributed by atoms with Crippen LogP contribution in [0.1, 0.15) is 38.3 Å². The fourth-order valence-electron chi connectivity index (χ4n) is 4.14. The number of hydrogen-bond acceptors (Lipinski definition) is 8. The minimum absolute atomic E-state index is 0.159. The van der Waals surface area contributed by atoms with Crippen LogP contribution in [0.2, 0.25) is 0 Å². The minimum atomic E-state index is -3.25. The highest BCUT2D eigenvalue weighted by Gasteiger charge is 2.32. The smallest absolute Gasteiger partial charge is 0.188 e. The fourth-order valence-corrected chi connectivity index (χ4v) is 5.87. The van der Waals surface area contributed by atoms with Crippen LogP contribution in [-0.2, 0) is 14.6 Å². The van der Waals surface area contributed by atoms with Crippen molar-refractivity contribution in [1.82, 2.24) is 19.4 Å². The fraction of sp³-hybridized carbons (Fsp3) is 0.882. The van der Waals surface area contributed by atoms with Crippen LogP contribution in [0, 0.1) is 5.41 Å². The van der Waals surface area contributed by atoms with E-state index in [2.05, 4.69) is 33.2 Å². The monoisotopic (exact) mass is 402 g/mol. The van der Waals surface area contributed by atoms with Crippen LogP contribution in [0.5, 0.6) is 0 Å². The Morgan fingerprint density at radius 2 is 1.88 bits per heavy atom. The third kappa shape index (κ3) is 5.22.